The second-order valence-electron chi connectivity index (χ2n) is 6.39. The fourth-order valence-corrected chi connectivity index (χ4v) is 3.24. The van der Waals surface area contributed by atoms with Crippen molar-refractivity contribution in [1.82, 2.24) is 25.3 Å². The number of hydrogen-bond donors (Lipinski definition) is 2. The molecule has 0 aliphatic carbocycles. The molecule has 0 bridgehead atoms. The van der Waals surface area contributed by atoms with E-state index in [1.807, 2.05) is 6.20 Å². The van der Waals surface area contributed by atoms with Crippen LogP contribution in [-0.4, -0.2) is 45.6 Å². The molecule has 1 aromatic carbocycles. The van der Waals surface area contributed by atoms with Crippen LogP contribution in [-0.2, 0) is 6.42 Å². The number of fused-ring (bicyclic) bond motifs is 1. The smallest absolute Gasteiger partial charge is 0.227 e. The molecule has 0 saturated carbocycles. The van der Waals surface area contributed by atoms with E-state index in [2.05, 4.69) is 61.3 Å². The van der Waals surface area contributed by atoms with Gasteiger partial charge in [0.25, 0.3) is 0 Å². The van der Waals surface area contributed by atoms with Gasteiger partial charge in [-0.05, 0) is 25.3 Å². The minimum Gasteiger partial charge on any atom is -0.342 e. The number of nitrogens with one attached hydrogen (secondary N) is 2. The number of aromatic nitrogens is 4. The van der Waals surface area contributed by atoms with E-state index in [1.165, 1.54) is 11.1 Å². The lowest BCUT2D eigenvalue weighted by molar-refractivity contribution is 0.448. The van der Waals surface area contributed by atoms with Crippen molar-refractivity contribution in [2.24, 2.45) is 0 Å². The predicted octanol–water partition coefficient (Wildman–Crippen LogP) is 2.92. The largest absolute Gasteiger partial charge is 0.342 e. The van der Waals surface area contributed by atoms with Crippen LogP contribution in [0, 0.1) is 6.92 Å². The quantitative estimate of drug-likeness (QED) is 0.711. The van der Waals surface area contributed by atoms with Gasteiger partial charge in [0.05, 0.1) is 12.5 Å². The van der Waals surface area contributed by atoms with Gasteiger partial charge in [0.1, 0.15) is 5.52 Å². The number of benzene rings is 1. The van der Waals surface area contributed by atoms with Crippen LogP contribution in [0.2, 0.25) is 0 Å². The normalized spacial score (nSPS) is 16.8. The molecule has 1 aliphatic rings. The number of imidazole rings is 1. The summed E-state index contributed by atoms with van der Waals surface area (Å²) in [6.07, 6.45) is 5.63. The number of nitrogens with zero attached hydrogens (tertiary/aromatic N) is 4. The zero-order chi connectivity index (χ0) is 16.4. The Morgan fingerprint density at radius 3 is 2.77 bits per heavy atom. The summed E-state index contributed by atoms with van der Waals surface area (Å²) in [5.41, 5.74) is 4.30. The van der Waals surface area contributed by atoms with Crippen molar-refractivity contribution >= 4 is 41.9 Å². The van der Waals surface area contributed by atoms with Crippen LogP contribution in [0.5, 0.6) is 0 Å². The molecule has 3 heterocycles. The number of H-pyrrole nitrogens is 1. The third kappa shape index (κ3) is 4.44. The van der Waals surface area contributed by atoms with Crippen molar-refractivity contribution in [2.75, 3.05) is 24.5 Å². The van der Waals surface area contributed by atoms with Crippen molar-refractivity contribution in [3.8, 4) is 0 Å². The number of anilines is 1. The first-order valence-electron chi connectivity index (χ1n) is 8.48. The molecule has 2 aromatic heterocycles. The van der Waals surface area contributed by atoms with Crippen molar-refractivity contribution in [2.45, 2.75) is 25.8 Å². The van der Waals surface area contributed by atoms with Gasteiger partial charge in [0.15, 0.2) is 5.65 Å². The Bertz CT molecular complexity index is 820. The Morgan fingerprint density at radius 1 is 1.15 bits per heavy atom. The summed E-state index contributed by atoms with van der Waals surface area (Å²) in [6, 6.07) is 9.21. The van der Waals surface area contributed by atoms with Crippen molar-refractivity contribution in [1.29, 1.82) is 0 Å². The van der Waals surface area contributed by atoms with Crippen LogP contribution in [0.15, 0.2) is 36.8 Å². The number of piperazine rings is 1. The number of hydrogen-bond acceptors (Lipinski definition) is 5. The molecule has 140 valence electrons. The maximum Gasteiger partial charge on any atom is 0.227 e. The zero-order valence-electron chi connectivity index (χ0n) is 14.7. The maximum atomic E-state index is 4.62. The summed E-state index contributed by atoms with van der Waals surface area (Å²) in [6.45, 7) is 4.98. The summed E-state index contributed by atoms with van der Waals surface area (Å²) in [4.78, 5) is 18.8. The minimum absolute atomic E-state index is 0. The van der Waals surface area contributed by atoms with E-state index < -0.39 is 0 Å². The third-order valence-corrected chi connectivity index (χ3v) is 4.66. The number of halogens is 2. The fourth-order valence-electron chi connectivity index (χ4n) is 3.24. The highest BCUT2D eigenvalue weighted by Gasteiger charge is 2.24. The Morgan fingerprint density at radius 2 is 1.96 bits per heavy atom. The van der Waals surface area contributed by atoms with Crippen molar-refractivity contribution in [3.63, 3.8) is 0 Å². The Labute approximate surface area is 165 Å². The van der Waals surface area contributed by atoms with E-state index in [4.69, 9.17) is 0 Å². The Balaban J connectivity index is 0.00000121. The molecule has 0 spiro atoms. The molecule has 1 aliphatic heterocycles. The second-order valence-corrected chi connectivity index (χ2v) is 6.39. The molecular weight excluding hydrogens is 371 g/mol. The second kappa shape index (κ2) is 9.16. The molecule has 1 atom stereocenters. The molecule has 1 fully saturated rings. The standard InChI is InChI=1S/C18H22N6.2ClH/c1-13-2-4-14(5-3-13)6-7-15-10-19-8-9-24(15)18-20-11-16-17(23-18)22-12-21-16;;/h2-5,11-12,15,19H,6-10H2,1H3,(H,20,21,22,23);2*1H. The summed E-state index contributed by atoms with van der Waals surface area (Å²) < 4.78 is 0. The molecule has 3 aromatic rings. The average Bonchev–Trinajstić information content (AvgIpc) is 3.09. The van der Waals surface area contributed by atoms with Gasteiger partial charge in [-0.2, -0.15) is 4.98 Å². The van der Waals surface area contributed by atoms with Crippen LogP contribution in [0.4, 0.5) is 5.95 Å². The first-order valence-corrected chi connectivity index (χ1v) is 8.48. The summed E-state index contributed by atoms with van der Waals surface area (Å²) in [5.74, 6) is 0.782. The Hall–Kier alpha value is -1.89. The van der Waals surface area contributed by atoms with Crippen LogP contribution < -0.4 is 10.2 Å². The van der Waals surface area contributed by atoms with E-state index in [-0.39, 0.29) is 24.8 Å². The average molecular weight is 395 g/mol. The highest BCUT2D eigenvalue weighted by molar-refractivity contribution is 5.85. The van der Waals surface area contributed by atoms with Crippen LogP contribution in [0.25, 0.3) is 11.2 Å². The SMILES string of the molecule is Cc1ccc(CCC2CNCCN2c2ncc3[nH]cnc3n2)cc1.Cl.Cl. The summed E-state index contributed by atoms with van der Waals surface area (Å²) in [5, 5.41) is 3.49. The van der Waals surface area contributed by atoms with Gasteiger partial charge >= 0.3 is 0 Å². The van der Waals surface area contributed by atoms with E-state index in [1.54, 1.807) is 6.33 Å². The molecule has 8 heteroatoms. The summed E-state index contributed by atoms with van der Waals surface area (Å²) >= 11 is 0. The lowest BCUT2D eigenvalue weighted by Gasteiger charge is -2.36. The van der Waals surface area contributed by atoms with E-state index >= 15 is 0 Å². The monoisotopic (exact) mass is 394 g/mol. The lowest BCUT2D eigenvalue weighted by Crippen LogP contribution is -2.52. The van der Waals surface area contributed by atoms with Gasteiger partial charge in [-0.3, -0.25) is 0 Å². The fraction of sp³-hybridized carbons (Fsp3) is 0.389. The third-order valence-electron chi connectivity index (χ3n) is 4.66. The molecule has 4 rings (SSSR count). The van der Waals surface area contributed by atoms with Crippen molar-refractivity contribution < 1.29 is 0 Å². The summed E-state index contributed by atoms with van der Waals surface area (Å²) in [7, 11) is 0. The van der Waals surface area contributed by atoms with Crippen LogP contribution in [0.1, 0.15) is 17.5 Å². The van der Waals surface area contributed by atoms with Gasteiger partial charge in [-0.15, -0.1) is 24.8 Å². The highest BCUT2D eigenvalue weighted by Crippen LogP contribution is 2.19. The lowest BCUT2D eigenvalue weighted by atomic mass is 10.0. The van der Waals surface area contributed by atoms with Gasteiger partial charge in [0, 0.05) is 25.7 Å². The van der Waals surface area contributed by atoms with Crippen molar-refractivity contribution in [3.05, 3.63) is 47.9 Å². The molecule has 6 nitrogen and oxygen atoms in total. The number of aryl methyl sites for hydroxylation is 2. The molecule has 0 amide bonds. The first-order chi connectivity index (χ1) is 11.8. The predicted molar refractivity (Wildman–Crippen MR) is 110 cm³/mol. The van der Waals surface area contributed by atoms with Crippen LogP contribution in [0.3, 0.4) is 0 Å². The molecule has 1 saturated heterocycles. The van der Waals surface area contributed by atoms with Gasteiger partial charge in [-0.25, -0.2) is 9.97 Å². The van der Waals surface area contributed by atoms with E-state index in [9.17, 15) is 0 Å². The van der Waals surface area contributed by atoms with Gasteiger partial charge in [0.2, 0.25) is 5.95 Å². The number of rotatable bonds is 4. The molecule has 1 unspecified atom stereocenters. The van der Waals surface area contributed by atoms with E-state index in [0.29, 0.717) is 6.04 Å². The van der Waals surface area contributed by atoms with E-state index in [0.717, 1.165) is 49.6 Å². The molecular formula is C18H24Cl2N6. The van der Waals surface area contributed by atoms with Gasteiger partial charge in [-0.1, -0.05) is 29.8 Å². The number of aromatic amines is 1. The first kappa shape index (κ1) is 20.4. The Kier molecular flexibility index (Phi) is 7.20. The topological polar surface area (TPSA) is 69.7 Å². The molecule has 26 heavy (non-hydrogen) atoms. The maximum absolute atomic E-state index is 4.62. The zero-order valence-corrected chi connectivity index (χ0v) is 16.3. The highest BCUT2D eigenvalue weighted by atomic mass is 35.5. The molecule has 0 radical (unpaired) electrons. The van der Waals surface area contributed by atoms with Gasteiger partial charge < -0.3 is 15.2 Å². The minimum atomic E-state index is 0. The van der Waals surface area contributed by atoms with Crippen LogP contribution >= 0.6 is 24.8 Å². The molecule has 2 N–H and O–H groups in total.